The lowest BCUT2D eigenvalue weighted by Crippen LogP contribution is -2.45. The van der Waals surface area contributed by atoms with Crippen molar-refractivity contribution >= 4 is 27.5 Å². The summed E-state index contributed by atoms with van der Waals surface area (Å²) >= 11 is 5.85. The minimum atomic E-state index is -3.60. The Balaban J connectivity index is 1.55. The predicted octanol–water partition coefficient (Wildman–Crippen LogP) is 3.75. The van der Waals surface area contributed by atoms with Crippen LogP contribution in [0, 0.1) is 5.92 Å². The molecule has 1 unspecified atom stereocenters. The standard InChI is InChI=1S/C20H27ClN2O3S/c21-18-8-10-19(11-9-18)27(25,26)23-14-4-7-17(15-23)20(24)22-13-12-16-5-2-1-3-6-16/h5,8-11,17H,1-4,6-7,12-15H2,(H,22,24). The lowest BCUT2D eigenvalue weighted by Gasteiger charge is -2.31. The number of halogens is 1. The summed E-state index contributed by atoms with van der Waals surface area (Å²) in [6.07, 6.45) is 9.37. The first-order valence-electron chi connectivity index (χ1n) is 9.68. The molecule has 7 heteroatoms. The average molecular weight is 411 g/mol. The summed E-state index contributed by atoms with van der Waals surface area (Å²) in [5, 5.41) is 3.50. The van der Waals surface area contributed by atoms with E-state index < -0.39 is 10.0 Å². The Hall–Kier alpha value is -1.37. The fourth-order valence-electron chi connectivity index (χ4n) is 3.75. The first-order valence-corrected chi connectivity index (χ1v) is 11.5. The maximum absolute atomic E-state index is 12.8. The topological polar surface area (TPSA) is 66.5 Å². The summed E-state index contributed by atoms with van der Waals surface area (Å²) in [5.74, 6) is -0.330. The van der Waals surface area contributed by atoms with Gasteiger partial charge >= 0.3 is 0 Å². The van der Waals surface area contributed by atoms with Crippen LogP contribution in [-0.2, 0) is 14.8 Å². The molecule has 1 saturated heterocycles. The molecule has 1 aliphatic carbocycles. The van der Waals surface area contributed by atoms with Gasteiger partial charge in [0.2, 0.25) is 15.9 Å². The van der Waals surface area contributed by atoms with Crippen molar-refractivity contribution in [3.8, 4) is 0 Å². The lowest BCUT2D eigenvalue weighted by atomic mass is 9.96. The maximum atomic E-state index is 12.8. The molecule has 0 spiro atoms. The van der Waals surface area contributed by atoms with Crippen LogP contribution >= 0.6 is 11.6 Å². The summed E-state index contributed by atoms with van der Waals surface area (Å²) in [7, 11) is -3.60. The van der Waals surface area contributed by atoms with E-state index in [9.17, 15) is 13.2 Å². The maximum Gasteiger partial charge on any atom is 0.243 e. The summed E-state index contributed by atoms with van der Waals surface area (Å²) in [4.78, 5) is 12.7. The third-order valence-electron chi connectivity index (χ3n) is 5.34. The number of hydrogen-bond acceptors (Lipinski definition) is 3. The Bertz CT molecular complexity index is 790. The fourth-order valence-corrected chi connectivity index (χ4v) is 5.40. The van der Waals surface area contributed by atoms with Crippen LogP contribution in [0.15, 0.2) is 40.8 Å². The van der Waals surface area contributed by atoms with Gasteiger partial charge in [-0.1, -0.05) is 23.3 Å². The van der Waals surface area contributed by atoms with Gasteiger partial charge in [0, 0.05) is 24.7 Å². The summed E-state index contributed by atoms with van der Waals surface area (Å²) in [5.41, 5.74) is 1.43. The quantitative estimate of drug-likeness (QED) is 0.726. The second-order valence-electron chi connectivity index (χ2n) is 7.31. The van der Waals surface area contributed by atoms with Gasteiger partial charge in [0.05, 0.1) is 10.8 Å². The largest absolute Gasteiger partial charge is 0.356 e. The van der Waals surface area contributed by atoms with Crippen molar-refractivity contribution < 1.29 is 13.2 Å². The van der Waals surface area contributed by atoms with Crippen LogP contribution < -0.4 is 5.32 Å². The number of rotatable bonds is 6. The first-order chi connectivity index (χ1) is 13.0. The van der Waals surface area contributed by atoms with Gasteiger partial charge in [-0.25, -0.2) is 8.42 Å². The Morgan fingerprint density at radius 1 is 1.19 bits per heavy atom. The molecule has 1 atom stereocenters. The van der Waals surface area contributed by atoms with Crippen LogP contribution in [0.1, 0.15) is 44.9 Å². The van der Waals surface area contributed by atoms with Crippen molar-refractivity contribution in [3.05, 3.63) is 40.9 Å². The minimum Gasteiger partial charge on any atom is -0.356 e. The molecule has 5 nitrogen and oxygen atoms in total. The van der Waals surface area contributed by atoms with Gasteiger partial charge in [0.25, 0.3) is 0 Å². The van der Waals surface area contributed by atoms with Crippen LogP contribution in [-0.4, -0.2) is 38.3 Å². The molecular formula is C20H27ClN2O3S. The molecule has 0 saturated carbocycles. The van der Waals surface area contributed by atoms with E-state index >= 15 is 0 Å². The smallest absolute Gasteiger partial charge is 0.243 e. The molecule has 3 rings (SSSR count). The van der Waals surface area contributed by atoms with Crippen molar-refractivity contribution in [3.63, 3.8) is 0 Å². The second kappa shape index (κ2) is 9.22. The number of nitrogens with one attached hydrogen (secondary N) is 1. The van der Waals surface area contributed by atoms with Crippen LogP contribution in [0.25, 0.3) is 0 Å². The Morgan fingerprint density at radius 3 is 2.67 bits per heavy atom. The van der Waals surface area contributed by atoms with E-state index in [1.54, 1.807) is 12.1 Å². The normalized spacial score (nSPS) is 21.5. The predicted molar refractivity (Wildman–Crippen MR) is 107 cm³/mol. The lowest BCUT2D eigenvalue weighted by molar-refractivity contribution is -0.126. The zero-order valence-corrected chi connectivity index (χ0v) is 17.1. The van der Waals surface area contributed by atoms with Gasteiger partial charge in [-0.05, 0) is 69.2 Å². The van der Waals surface area contributed by atoms with Crippen LogP contribution in [0.4, 0.5) is 0 Å². The molecule has 1 heterocycles. The third kappa shape index (κ3) is 5.33. The highest BCUT2D eigenvalue weighted by atomic mass is 35.5. The molecule has 1 aromatic rings. The summed E-state index contributed by atoms with van der Waals surface area (Å²) in [6.45, 7) is 1.31. The minimum absolute atomic E-state index is 0.0394. The Labute approximate surface area is 166 Å². The van der Waals surface area contributed by atoms with Gasteiger partial charge in [0.1, 0.15) is 0 Å². The molecule has 0 aromatic heterocycles. The van der Waals surface area contributed by atoms with Crippen molar-refractivity contribution in [1.29, 1.82) is 0 Å². The molecule has 0 radical (unpaired) electrons. The Morgan fingerprint density at radius 2 is 1.96 bits per heavy atom. The number of carbonyl (C=O) groups excluding carboxylic acids is 1. The molecule has 1 aliphatic heterocycles. The molecule has 1 fully saturated rings. The average Bonchev–Trinajstić information content (AvgIpc) is 2.69. The fraction of sp³-hybridized carbons (Fsp3) is 0.550. The number of carbonyl (C=O) groups is 1. The van der Waals surface area contributed by atoms with E-state index in [1.165, 1.54) is 34.9 Å². The highest BCUT2D eigenvalue weighted by molar-refractivity contribution is 7.89. The second-order valence-corrected chi connectivity index (χ2v) is 9.68. The molecule has 27 heavy (non-hydrogen) atoms. The highest BCUT2D eigenvalue weighted by Crippen LogP contribution is 2.25. The van der Waals surface area contributed by atoms with Crippen molar-refractivity contribution in [1.82, 2.24) is 9.62 Å². The molecule has 1 N–H and O–H groups in total. The van der Waals surface area contributed by atoms with Gasteiger partial charge in [-0.2, -0.15) is 4.31 Å². The van der Waals surface area contributed by atoms with Crippen molar-refractivity contribution in [2.24, 2.45) is 5.92 Å². The van der Waals surface area contributed by atoms with Crippen LogP contribution in [0.2, 0.25) is 5.02 Å². The van der Waals surface area contributed by atoms with E-state index in [1.807, 2.05) is 0 Å². The summed E-state index contributed by atoms with van der Waals surface area (Å²) < 4.78 is 27.1. The van der Waals surface area contributed by atoms with Gasteiger partial charge in [0.15, 0.2) is 0 Å². The van der Waals surface area contributed by atoms with Crippen LogP contribution in [0.5, 0.6) is 0 Å². The van der Waals surface area contributed by atoms with Gasteiger partial charge < -0.3 is 5.32 Å². The number of nitrogens with zero attached hydrogens (tertiary/aromatic N) is 1. The SMILES string of the molecule is O=C(NCCC1=CCCCC1)C1CCCN(S(=O)(=O)c2ccc(Cl)cc2)C1. The van der Waals surface area contributed by atoms with Crippen molar-refractivity contribution in [2.75, 3.05) is 19.6 Å². The molecule has 148 valence electrons. The Kier molecular flexibility index (Phi) is 6.95. The van der Waals surface area contributed by atoms with Crippen LogP contribution in [0.3, 0.4) is 0 Å². The van der Waals surface area contributed by atoms with E-state index in [0.29, 0.717) is 24.5 Å². The molecule has 1 aromatic carbocycles. The molecule has 1 amide bonds. The van der Waals surface area contributed by atoms with E-state index in [0.717, 1.165) is 25.7 Å². The van der Waals surface area contributed by atoms with E-state index in [4.69, 9.17) is 11.6 Å². The van der Waals surface area contributed by atoms with Gasteiger partial charge in [-0.15, -0.1) is 0 Å². The van der Waals surface area contributed by atoms with E-state index in [-0.39, 0.29) is 23.3 Å². The number of piperidine rings is 1. The zero-order chi connectivity index (χ0) is 19.3. The zero-order valence-electron chi connectivity index (χ0n) is 15.5. The molecule has 2 aliphatic rings. The third-order valence-corrected chi connectivity index (χ3v) is 7.47. The van der Waals surface area contributed by atoms with E-state index in [2.05, 4.69) is 11.4 Å². The number of amides is 1. The number of benzene rings is 1. The first kappa shape index (κ1) is 20.4. The number of sulfonamides is 1. The molecular weight excluding hydrogens is 384 g/mol. The van der Waals surface area contributed by atoms with Gasteiger partial charge in [-0.3, -0.25) is 4.79 Å². The summed E-state index contributed by atoms with van der Waals surface area (Å²) in [6, 6.07) is 6.17. The monoisotopic (exact) mass is 410 g/mol. The highest BCUT2D eigenvalue weighted by Gasteiger charge is 2.33. The number of hydrogen-bond donors (Lipinski definition) is 1. The van der Waals surface area contributed by atoms with Crippen molar-refractivity contribution in [2.45, 2.75) is 49.8 Å². The number of allylic oxidation sites excluding steroid dienone is 1. The molecule has 0 bridgehead atoms.